The van der Waals surface area contributed by atoms with Crippen LogP contribution in [0.25, 0.3) is 87.6 Å². The smallest absolute Gasteiger partial charge is 0.262 e. The fraction of sp³-hybridized carbons (Fsp3) is 0.0556. The molecule has 0 aliphatic carbocycles. The molecule has 12 aromatic rings. The Morgan fingerprint density at radius 3 is 0.702 bits per heavy atom. The maximum atomic E-state index is 13.9. The van der Waals surface area contributed by atoms with Crippen LogP contribution >= 0.6 is 0 Å². The van der Waals surface area contributed by atoms with Gasteiger partial charge in [0.25, 0.3) is 23.6 Å². The third-order valence-corrected chi connectivity index (χ3v) is 14.8. The molecule has 0 spiro atoms. The van der Waals surface area contributed by atoms with E-state index < -0.39 is 0 Å². The Bertz CT molecular complexity index is 4000. The average Bonchev–Trinajstić information content (AvgIpc) is 2.21. The Labute approximate surface area is 483 Å². The number of rotatable bonds is 0. The zero-order chi connectivity index (χ0) is 56.9. The number of benzene rings is 12. The van der Waals surface area contributed by atoms with E-state index in [1.54, 1.807) is 24.3 Å². The summed E-state index contributed by atoms with van der Waals surface area (Å²) in [6.45, 7) is -1.29. The summed E-state index contributed by atoms with van der Waals surface area (Å²) in [5, 5.41) is 19.3. The van der Waals surface area contributed by atoms with Crippen LogP contribution in [0.5, 0.6) is 23.0 Å². The monoisotopic (exact) mass is 1100 g/mol. The molecule has 13 rings (SSSR count). The van der Waals surface area contributed by atoms with Crippen molar-refractivity contribution in [2.75, 3.05) is 47.7 Å². The van der Waals surface area contributed by atoms with E-state index in [0.29, 0.717) is 68.0 Å². The molecule has 4 amide bonds. The van der Waals surface area contributed by atoms with E-state index in [1.807, 2.05) is 218 Å². The van der Waals surface area contributed by atoms with Crippen LogP contribution in [0.2, 0.25) is 0 Å². The summed E-state index contributed by atoms with van der Waals surface area (Å²) >= 11 is 0. The Kier molecular flexibility index (Phi) is 14.3. The standard InChI is InChI=1S/C72H52N4O8/c77-65-41-81-61-33-29-45-13-1-5-25-57(45)69(61)70-58-26-6-2-14-46(58)30-34-62(70)82-42-66(78)74-54-22-10-18-50(38-54)52-20-12-24-56(40-52)76-68(80)44-84-64-36-32-48-16-4-8-28-60(48)72(64)71-59-27-7-3-15-47(59)31-35-63(71)83-43-67(79)75-55-23-11-19-51(39-55)49-17-9-21-53(37-49)73-65/h1-40H,41-44H2,(H,73,77)(H,74,78)(H,75,79)(H,76,80). The van der Waals surface area contributed by atoms with E-state index in [9.17, 15) is 19.2 Å². The van der Waals surface area contributed by atoms with Crippen LogP contribution in [-0.2, 0) is 19.2 Å². The lowest BCUT2D eigenvalue weighted by Gasteiger charge is -2.20. The Morgan fingerprint density at radius 1 is 0.238 bits per heavy atom. The van der Waals surface area contributed by atoms with Crippen LogP contribution in [0.3, 0.4) is 0 Å². The van der Waals surface area contributed by atoms with E-state index in [0.717, 1.165) is 65.3 Å². The summed E-state index contributed by atoms with van der Waals surface area (Å²) in [5.41, 5.74) is 8.18. The van der Waals surface area contributed by atoms with Crippen LogP contribution in [-0.4, -0.2) is 50.1 Å². The summed E-state index contributed by atoms with van der Waals surface area (Å²) in [6.07, 6.45) is 0. The van der Waals surface area contributed by atoms with Crippen molar-refractivity contribution < 1.29 is 38.1 Å². The highest BCUT2D eigenvalue weighted by atomic mass is 16.5. The van der Waals surface area contributed by atoms with Crippen molar-refractivity contribution in [2.24, 2.45) is 0 Å². The van der Waals surface area contributed by atoms with E-state index in [2.05, 4.69) is 21.3 Å². The van der Waals surface area contributed by atoms with Crippen LogP contribution in [0.4, 0.5) is 22.7 Å². The summed E-state index contributed by atoms with van der Waals surface area (Å²) in [5.74, 6) is 0.241. The minimum Gasteiger partial charge on any atom is -0.483 e. The van der Waals surface area contributed by atoms with Gasteiger partial charge >= 0.3 is 0 Å². The molecule has 0 radical (unpaired) electrons. The number of hydrogen-bond donors (Lipinski definition) is 4. The average molecular weight is 1100 g/mol. The summed E-state index contributed by atoms with van der Waals surface area (Å²) < 4.78 is 25.9. The highest BCUT2D eigenvalue weighted by Crippen LogP contribution is 2.47. The molecule has 84 heavy (non-hydrogen) atoms. The van der Waals surface area contributed by atoms with Gasteiger partial charge < -0.3 is 40.2 Å². The molecule has 12 nitrogen and oxygen atoms in total. The van der Waals surface area contributed by atoms with Crippen LogP contribution in [0.1, 0.15) is 0 Å². The molecule has 0 saturated carbocycles. The summed E-state index contributed by atoms with van der Waals surface area (Å²) in [7, 11) is 0. The van der Waals surface area contributed by atoms with Gasteiger partial charge in [-0.2, -0.15) is 0 Å². The molecule has 8 bridgehead atoms. The first kappa shape index (κ1) is 52.2. The largest absolute Gasteiger partial charge is 0.483 e. The number of carbonyl (C=O) groups is 4. The molecule has 4 N–H and O–H groups in total. The second-order valence-corrected chi connectivity index (χ2v) is 20.3. The number of nitrogens with one attached hydrogen (secondary N) is 4. The number of fused-ring (bicyclic) bond motifs is 24. The minimum absolute atomic E-state index is 0.321. The van der Waals surface area contributed by atoms with Gasteiger partial charge in [-0.3, -0.25) is 19.2 Å². The summed E-state index contributed by atoms with van der Waals surface area (Å²) in [6, 6.07) is 76.7. The van der Waals surface area contributed by atoms with Crippen molar-refractivity contribution in [2.45, 2.75) is 0 Å². The summed E-state index contributed by atoms with van der Waals surface area (Å²) in [4.78, 5) is 55.6. The Hall–Kier alpha value is -11.2. The molecular formula is C72H52N4O8. The zero-order valence-corrected chi connectivity index (χ0v) is 45.2. The van der Waals surface area contributed by atoms with Crippen molar-refractivity contribution in [1.82, 2.24) is 0 Å². The van der Waals surface area contributed by atoms with Gasteiger partial charge in [0.15, 0.2) is 26.4 Å². The molecule has 12 heteroatoms. The predicted molar refractivity (Wildman–Crippen MR) is 334 cm³/mol. The predicted octanol–water partition coefficient (Wildman–Crippen LogP) is 15.4. The molecule has 0 atom stereocenters. The van der Waals surface area contributed by atoms with Crippen molar-refractivity contribution in [3.8, 4) is 67.5 Å². The third kappa shape index (κ3) is 11.0. The van der Waals surface area contributed by atoms with Crippen molar-refractivity contribution in [3.63, 3.8) is 0 Å². The number of anilines is 4. The van der Waals surface area contributed by atoms with E-state index in [1.165, 1.54) is 0 Å². The first-order valence-electron chi connectivity index (χ1n) is 27.4. The zero-order valence-electron chi connectivity index (χ0n) is 45.2. The molecule has 1 aliphatic heterocycles. The van der Waals surface area contributed by atoms with Gasteiger partial charge in [-0.25, -0.2) is 0 Å². The molecule has 0 fully saturated rings. The van der Waals surface area contributed by atoms with Gasteiger partial charge in [-0.05, 0) is 138 Å². The molecule has 408 valence electrons. The highest BCUT2D eigenvalue weighted by Gasteiger charge is 2.23. The SMILES string of the molecule is O=C1COc2ccc3ccccc3c2-c2c(ccc3ccccc23)OCC(=O)Nc2cccc(c2)-c2cccc(c2)NC(=O)COc2ccc3ccccc3c2-c2c(ccc3ccccc23)OCC(=O)Nc2cccc(c2)-c2cccc(c2)N1. The molecule has 0 saturated heterocycles. The lowest BCUT2D eigenvalue weighted by molar-refractivity contribution is -0.118. The molecule has 0 aromatic heterocycles. The Balaban J connectivity index is 0.851. The lowest BCUT2D eigenvalue weighted by Crippen LogP contribution is -2.21. The quantitative estimate of drug-likeness (QED) is 0.117. The lowest BCUT2D eigenvalue weighted by atomic mass is 9.92. The van der Waals surface area contributed by atoms with E-state index in [-0.39, 0.29) is 50.1 Å². The maximum absolute atomic E-state index is 13.9. The molecule has 1 aliphatic rings. The first-order valence-corrected chi connectivity index (χ1v) is 27.4. The minimum atomic E-state index is -0.385. The van der Waals surface area contributed by atoms with Crippen LogP contribution in [0.15, 0.2) is 243 Å². The second kappa shape index (κ2) is 23.1. The molecule has 0 unspecified atom stereocenters. The normalized spacial score (nSPS) is 13.4. The maximum Gasteiger partial charge on any atom is 0.262 e. The van der Waals surface area contributed by atoms with Gasteiger partial charge in [0.2, 0.25) is 0 Å². The third-order valence-electron chi connectivity index (χ3n) is 14.8. The van der Waals surface area contributed by atoms with Crippen LogP contribution in [0, 0.1) is 0 Å². The molecule has 12 aromatic carbocycles. The fourth-order valence-electron chi connectivity index (χ4n) is 11.0. The molecule has 1 heterocycles. The topological polar surface area (TPSA) is 153 Å². The number of ether oxygens (including phenoxy) is 4. The number of carbonyl (C=O) groups excluding carboxylic acids is 4. The van der Waals surface area contributed by atoms with Crippen molar-refractivity contribution >= 4 is 89.5 Å². The van der Waals surface area contributed by atoms with Gasteiger partial charge in [-0.1, -0.05) is 170 Å². The van der Waals surface area contributed by atoms with Crippen molar-refractivity contribution in [1.29, 1.82) is 0 Å². The first-order chi connectivity index (χ1) is 41.2. The van der Waals surface area contributed by atoms with Gasteiger partial charge in [-0.15, -0.1) is 0 Å². The van der Waals surface area contributed by atoms with Crippen molar-refractivity contribution in [3.05, 3.63) is 243 Å². The second-order valence-electron chi connectivity index (χ2n) is 20.3. The van der Waals surface area contributed by atoms with Gasteiger partial charge in [0.1, 0.15) is 23.0 Å². The van der Waals surface area contributed by atoms with Gasteiger partial charge in [0, 0.05) is 45.0 Å². The van der Waals surface area contributed by atoms with Crippen LogP contribution < -0.4 is 40.2 Å². The van der Waals surface area contributed by atoms with E-state index >= 15 is 0 Å². The number of amides is 4. The van der Waals surface area contributed by atoms with Gasteiger partial charge in [0.05, 0.1) is 0 Å². The fourth-order valence-corrected chi connectivity index (χ4v) is 11.0. The number of hydrogen-bond acceptors (Lipinski definition) is 8. The molecular weight excluding hydrogens is 1050 g/mol. The Morgan fingerprint density at radius 2 is 0.464 bits per heavy atom. The van der Waals surface area contributed by atoms with E-state index in [4.69, 9.17) is 18.9 Å². The highest BCUT2D eigenvalue weighted by molar-refractivity contribution is 6.12.